The van der Waals surface area contributed by atoms with Crippen LogP contribution in [0.2, 0.25) is 0 Å². The Labute approximate surface area is 146 Å². The van der Waals surface area contributed by atoms with Gasteiger partial charge in [-0.25, -0.2) is 4.98 Å². The molecule has 4 aromatic heterocycles. The maximum atomic E-state index is 13.3. The molecule has 4 aromatic rings. The largest absolute Gasteiger partial charge is 0.383 e. The van der Waals surface area contributed by atoms with Gasteiger partial charge in [0.2, 0.25) is 10.8 Å². The van der Waals surface area contributed by atoms with E-state index in [9.17, 15) is 8.78 Å². The van der Waals surface area contributed by atoms with Crippen LogP contribution in [0, 0.1) is 6.92 Å². The molecule has 0 aliphatic rings. The first kappa shape index (κ1) is 15.5. The van der Waals surface area contributed by atoms with Gasteiger partial charge in [-0.1, -0.05) is 17.4 Å². The first-order valence-corrected chi connectivity index (χ1v) is 8.63. The van der Waals surface area contributed by atoms with Gasteiger partial charge in [-0.05, 0) is 30.7 Å². The lowest BCUT2D eigenvalue weighted by Crippen LogP contribution is -2.10. The van der Waals surface area contributed by atoms with Crippen molar-refractivity contribution >= 4 is 39.2 Å². The van der Waals surface area contributed by atoms with Crippen LogP contribution in [0.15, 0.2) is 24.4 Å². The molecular formula is C13H7ClF2N6S2. The number of nitrogens with zero attached hydrogens (tertiary/aromatic N) is 6. The summed E-state index contributed by atoms with van der Waals surface area (Å²) in [5.41, 5.74) is 1.48. The Hall–Kier alpha value is -2.04. The molecule has 6 nitrogen and oxygen atoms in total. The minimum absolute atomic E-state index is 0.243. The molecule has 0 aliphatic heterocycles. The first-order chi connectivity index (χ1) is 11.4. The molecule has 0 aromatic carbocycles. The topological polar surface area (TPSA) is 68.9 Å². The fraction of sp³-hybridized carbons (Fsp3) is 0.154. The molecule has 0 saturated carbocycles. The predicted octanol–water partition coefficient (Wildman–Crippen LogP) is 3.97. The Morgan fingerprint density at radius 2 is 2.00 bits per heavy atom. The fourth-order valence-electron chi connectivity index (χ4n) is 2.08. The number of alkyl halides is 3. The number of thiazole rings is 1. The predicted molar refractivity (Wildman–Crippen MR) is 87.5 cm³/mol. The molecule has 122 valence electrons. The average molecular weight is 385 g/mol. The van der Waals surface area contributed by atoms with Gasteiger partial charge in [0.25, 0.3) is 0 Å². The molecule has 4 heterocycles. The van der Waals surface area contributed by atoms with Crippen LogP contribution in [0.5, 0.6) is 0 Å². The Morgan fingerprint density at radius 1 is 1.17 bits per heavy atom. The van der Waals surface area contributed by atoms with Crippen molar-refractivity contribution in [1.82, 2.24) is 29.8 Å². The summed E-state index contributed by atoms with van der Waals surface area (Å²) < 4.78 is 27.6. The summed E-state index contributed by atoms with van der Waals surface area (Å²) in [4.78, 5) is 9.77. The Bertz CT molecular complexity index is 1020. The highest BCUT2D eigenvalue weighted by atomic mass is 35.5. The van der Waals surface area contributed by atoms with Crippen LogP contribution < -0.4 is 0 Å². The van der Waals surface area contributed by atoms with E-state index in [1.165, 1.54) is 11.3 Å². The Balaban J connectivity index is 1.81. The zero-order valence-electron chi connectivity index (χ0n) is 11.9. The number of fused-ring (bicyclic) bond motifs is 1. The van der Waals surface area contributed by atoms with E-state index in [0.717, 1.165) is 37.1 Å². The van der Waals surface area contributed by atoms with Gasteiger partial charge in [0, 0.05) is 6.20 Å². The number of aromatic nitrogens is 6. The number of halogens is 3. The molecule has 0 spiro atoms. The molecule has 0 aliphatic carbocycles. The second-order valence-corrected chi connectivity index (χ2v) is 7.20. The highest BCUT2D eigenvalue weighted by molar-refractivity contribution is 7.25. The fourth-order valence-corrected chi connectivity index (χ4v) is 4.20. The SMILES string of the molecule is Cc1nc(-c2ccccn2)sc1-c1nn2c(C(F)(F)Cl)nnc2s1. The summed E-state index contributed by atoms with van der Waals surface area (Å²) in [5, 5.41) is 8.90. The van der Waals surface area contributed by atoms with Crippen LogP contribution in [0.3, 0.4) is 0 Å². The minimum atomic E-state index is -3.63. The van der Waals surface area contributed by atoms with Crippen molar-refractivity contribution in [3.8, 4) is 20.6 Å². The summed E-state index contributed by atoms with van der Waals surface area (Å²) in [5.74, 6) is -0.700. The summed E-state index contributed by atoms with van der Waals surface area (Å²) >= 11 is 7.58. The van der Waals surface area contributed by atoms with Gasteiger partial charge in [0.1, 0.15) is 5.01 Å². The molecule has 4 rings (SSSR count). The third-order valence-electron chi connectivity index (χ3n) is 3.12. The van der Waals surface area contributed by atoms with Crippen molar-refractivity contribution in [2.45, 2.75) is 12.3 Å². The second kappa shape index (κ2) is 5.50. The van der Waals surface area contributed by atoms with E-state index < -0.39 is 11.2 Å². The first-order valence-electron chi connectivity index (χ1n) is 6.62. The molecule has 0 radical (unpaired) electrons. The maximum Gasteiger partial charge on any atom is 0.383 e. The van der Waals surface area contributed by atoms with Crippen molar-refractivity contribution in [3.63, 3.8) is 0 Å². The molecule has 0 unspecified atom stereocenters. The quantitative estimate of drug-likeness (QED) is 0.500. The van der Waals surface area contributed by atoms with Crippen LogP contribution in [0.4, 0.5) is 8.78 Å². The summed E-state index contributed by atoms with van der Waals surface area (Å²) in [6.45, 7) is 1.83. The van der Waals surface area contributed by atoms with Gasteiger partial charge in [-0.15, -0.1) is 21.5 Å². The molecule has 0 saturated heterocycles. The van der Waals surface area contributed by atoms with E-state index in [0.29, 0.717) is 5.01 Å². The number of hydrogen-bond donors (Lipinski definition) is 0. The number of aryl methyl sites for hydroxylation is 1. The Kier molecular flexibility index (Phi) is 3.55. The van der Waals surface area contributed by atoms with E-state index in [-0.39, 0.29) is 4.96 Å². The van der Waals surface area contributed by atoms with Crippen molar-refractivity contribution in [2.75, 3.05) is 0 Å². The number of hydrogen-bond acceptors (Lipinski definition) is 7. The van der Waals surface area contributed by atoms with Crippen LogP contribution in [0.1, 0.15) is 11.5 Å². The van der Waals surface area contributed by atoms with Gasteiger partial charge in [-0.2, -0.15) is 18.4 Å². The molecular weight excluding hydrogens is 378 g/mol. The summed E-state index contributed by atoms with van der Waals surface area (Å²) in [7, 11) is 0. The van der Waals surface area contributed by atoms with Gasteiger partial charge >= 0.3 is 5.38 Å². The standard InChI is InChI=1S/C13H7ClF2N6S2/c1-6-8(23-9(18-6)7-4-2-3-5-17-7)10-21-22-11(13(14,15)16)19-20-12(22)24-10/h2-5H,1H3. The third kappa shape index (κ3) is 2.56. The smallest absolute Gasteiger partial charge is 0.254 e. The van der Waals surface area contributed by atoms with Crippen LogP contribution in [-0.4, -0.2) is 29.8 Å². The van der Waals surface area contributed by atoms with Crippen LogP contribution in [0.25, 0.3) is 25.5 Å². The molecule has 0 amide bonds. The lowest BCUT2D eigenvalue weighted by atomic mass is 10.3. The van der Waals surface area contributed by atoms with E-state index in [1.807, 2.05) is 25.1 Å². The highest BCUT2D eigenvalue weighted by Gasteiger charge is 2.36. The van der Waals surface area contributed by atoms with Crippen molar-refractivity contribution in [1.29, 1.82) is 0 Å². The van der Waals surface area contributed by atoms with Crippen molar-refractivity contribution < 1.29 is 8.78 Å². The van der Waals surface area contributed by atoms with Crippen LogP contribution in [-0.2, 0) is 5.38 Å². The molecule has 0 N–H and O–H groups in total. The molecule has 24 heavy (non-hydrogen) atoms. The van der Waals surface area contributed by atoms with E-state index in [4.69, 9.17) is 11.6 Å². The van der Waals surface area contributed by atoms with Gasteiger partial charge in [0.05, 0.1) is 16.3 Å². The minimum Gasteiger partial charge on any atom is -0.254 e. The van der Waals surface area contributed by atoms with E-state index >= 15 is 0 Å². The lowest BCUT2D eigenvalue weighted by Gasteiger charge is -2.01. The molecule has 11 heteroatoms. The Morgan fingerprint density at radius 3 is 2.71 bits per heavy atom. The molecule has 0 atom stereocenters. The highest BCUT2D eigenvalue weighted by Crippen LogP contribution is 2.38. The molecule has 0 bridgehead atoms. The van der Waals surface area contributed by atoms with Crippen molar-refractivity contribution in [2.24, 2.45) is 0 Å². The zero-order valence-corrected chi connectivity index (χ0v) is 14.3. The summed E-state index contributed by atoms with van der Waals surface area (Å²) in [6, 6.07) is 5.55. The van der Waals surface area contributed by atoms with Crippen molar-refractivity contribution in [3.05, 3.63) is 35.9 Å². The zero-order chi connectivity index (χ0) is 16.9. The van der Waals surface area contributed by atoms with E-state index in [2.05, 4.69) is 25.3 Å². The van der Waals surface area contributed by atoms with E-state index in [1.54, 1.807) is 6.20 Å². The van der Waals surface area contributed by atoms with Gasteiger partial charge in [-0.3, -0.25) is 4.98 Å². The van der Waals surface area contributed by atoms with Gasteiger partial charge in [0.15, 0.2) is 5.01 Å². The third-order valence-corrected chi connectivity index (χ3v) is 5.52. The average Bonchev–Trinajstić information content (AvgIpc) is 3.19. The normalized spacial score (nSPS) is 12.2. The maximum absolute atomic E-state index is 13.3. The lowest BCUT2D eigenvalue weighted by molar-refractivity contribution is 0.0821. The number of rotatable bonds is 3. The monoisotopic (exact) mass is 384 g/mol. The molecule has 0 fully saturated rings. The number of pyridine rings is 1. The second-order valence-electron chi connectivity index (χ2n) is 4.77. The van der Waals surface area contributed by atoms with Crippen LogP contribution >= 0.6 is 34.3 Å². The summed E-state index contributed by atoms with van der Waals surface area (Å²) in [6.07, 6.45) is 1.68. The van der Waals surface area contributed by atoms with Gasteiger partial charge < -0.3 is 0 Å².